The van der Waals surface area contributed by atoms with Crippen molar-refractivity contribution < 1.29 is 23.1 Å². The van der Waals surface area contributed by atoms with Crippen molar-refractivity contribution >= 4 is 5.91 Å². The van der Waals surface area contributed by atoms with Crippen LogP contribution in [0.5, 0.6) is 0 Å². The first-order valence-electron chi connectivity index (χ1n) is 8.57. The lowest BCUT2D eigenvalue weighted by atomic mass is 9.95. The summed E-state index contributed by atoms with van der Waals surface area (Å²) in [6, 6.07) is 7.17. The second kappa shape index (κ2) is 7.32. The number of rotatable bonds is 5. The average molecular weight is 382 g/mol. The van der Waals surface area contributed by atoms with Gasteiger partial charge in [0.05, 0.1) is 6.04 Å². The number of nitrogens with zero attached hydrogens (tertiary/aromatic N) is 2. The first-order valence-corrected chi connectivity index (χ1v) is 8.57. The Morgan fingerprint density at radius 2 is 2.07 bits per heavy atom. The van der Waals surface area contributed by atoms with Crippen molar-refractivity contribution in [1.29, 1.82) is 0 Å². The van der Waals surface area contributed by atoms with Gasteiger partial charge < -0.3 is 20.3 Å². The molecule has 0 fully saturated rings. The highest BCUT2D eigenvalue weighted by atomic mass is 19.4. The van der Waals surface area contributed by atoms with Crippen molar-refractivity contribution in [1.82, 2.24) is 20.2 Å². The maximum absolute atomic E-state index is 13.5. The molecule has 2 atom stereocenters. The highest BCUT2D eigenvalue weighted by Crippen LogP contribution is 2.40. The Morgan fingerprint density at radius 1 is 1.37 bits per heavy atom. The van der Waals surface area contributed by atoms with Gasteiger partial charge in [0.15, 0.2) is 0 Å². The van der Waals surface area contributed by atoms with Gasteiger partial charge in [-0.3, -0.25) is 4.79 Å². The van der Waals surface area contributed by atoms with Crippen molar-refractivity contribution in [2.75, 3.05) is 6.54 Å². The largest absolute Gasteiger partial charge is 0.424 e. The van der Waals surface area contributed by atoms with E-state index in [9.17, 15) is 23.1 Å². The van der Waals surface area contributed by atoms with Crippen LogP contribution in [0.1, 0.15) is 23.4 Å². The molecule has 1 aromatic carbocycles. The number of amides is 1. The molecule has 1 aliphatic rings. The highest BCUT2D eigenvalue weighted by molar-refractivity contribution is 5.82. The van der Waals surface area contributed by atoms with Crippen molar-refractivity contribution in [3.63, 3.8) is 0 Å². The fourth-order valence-corrected chi connectivity index (χ4v) is 3.27. The minimum Gasteiger partial charge on any atom is -0.374 e. The summed E-state index contributed by atoms with van der Waals surface area (Å²) in [4.78, 5) is 16.0. The Morgan fingerprint density at radius 3 is 2.70 bits per heavy atom. The molecule has 0 bridgehead atoms. The molecule has 0 saturated heterocycles. The number of aromatic nitrogens is 2. The van der Waals surface area contributed by atoms with Crippen molar-refractivity contribution in [3.8, 4) is 0 Å². The van der Waals surface area contributed by atoms with Gasteiger partial charge in [-0.15, -0.1) is 0 Å². The van der Waals surface area contributed by atoms with Gasteiger partial charge in [0.25, 0.3) is 0 Å². The third-order valence-corrected chi connectivity index (χ3v) is 4.84. The maximum atomic E-state index is 13.5. The van der Waals surface area contributed by atoms with E-state index >= 15 is 0 Å². The van der Waals surface area contributed by atoms with Gasteiger partial charge >= 0.3 is 6.18 Å². The molecule has 6 nitrogen and oxygen atoms in total. The molecule has 3 rings (SSSR count). The zero-order chi connectivity index (χ0) is 19.7. The number of carbonyl (C=O) groups excluding carboxylic acids is 1. The van der Waals surface area contributed by atoms with Crippen molar-refractivity contribution in [2.24, 2.45) is 7.05 Å². The van der Waals surface area contributed by atoms with E-state index in [1.165, 1.54) is 19.4 Å². The van der Waals surface area contributed by atoms with Crippen LogP contribution in [-0.4, -0.2) is 39.3 Å². The van der Waals surface area contributed by atoms with Gasteiger partial charge in [-0.25, -0.2) is 4.98 Å². The zero-order valence-electron chi connectivity index (χ0n) is 14.8. The summed E-state index contributed by atoms with van der Waals surface area (Å²) < 4.78 is 41.5. The lowest BCUT2D eigenvalue weighted by Crippen LogP contribution is -2.50. The normalized spacial score (nSPS) is 19.2. The fourth-order valence-electron chi connectivity index (χ4n) is 3.27. The topological polar surface area (TPSA) is 79.2 Å². The molecule has 27 heavy (non-hydrogen) atoms. The van der Waals surface area contributed by atoms with Crippen LogP contribution in [0, 0.1) is 0 Å². The van der Waals surface area contributed by atoms with E-state index in [1.807, 2.05) is 24.3 Å². The molecule has 1 amide bonds. The van der Waals surface area contributed by atoms with Gasteiger partial charge in [0, 0.05) is 39.0 Å². The molecule has 9 heteroatoms. The maximum Gasteiger partial charge on any atom is 0.424 e. The van der Waals surface area contributed by atoms with E-state index in [2.05, 4.69) is 15.6 Å². The number of hydrogen-bond donors (Lipinski definition) is 3. The number of carbonyl (C=O) groups is 1. The molecule has 0 aliphatic carbocycles. The van der Waals surface area contributed by atoms with Gasteiger partial charge in [-0.1, -0.05) is 24.3 Å². The van der Waals surface area contributed by atoms with Gasteiger partial charge in [-0.2, -0.15) is 13.2 Å². The third kappa shape index (κ3) is 3.84. The minimum absolute atomic E-state index is 0.332. The third-order valence-electron chi connectivity index (χ3n) is 4.84. The van der Waals surface area contributed by atoms with Crippen LogP contribution in [0.15, 0.2) is 36.7 Å². The second-order valence-corrected chi connectivity index (χ2v) is 6.67. The van der Waals surface area contributed by atoms with E-state index in [-0.39, 0.29) is 6.54 Å². The molecular weight excluding hydrogens is 361 g/mol. The van der Waals surface area contributed by atoms with E-state index < -0.39 is 36.0 Å². The van der Waals surface area contributed by atoms with Gasteiger partial charge in [-0.05, 0) is 17.5 Å². The second-order valence-electron chi connectivity index (χ2n) is 6.67. The molecule has 3 N–H and O–H groups in total. The first kappa shape index (κ1) is 19.4. The Labute approximate surface area is 154 Å². The van der Waals surface area contributed by atoms with Gasteiger partial charge in [0.2, 0.25) is 11.5 Å². The summed E-state index contributed by atoms with van der Waals surface area (Å²) in [5.74, 6) is -0.900. The number of hydrogen-bond acceptors (Lipinski definition) is 4. The molecule has 2 unspecified atom stereocenters. The minimum atomic E-state index is -4.92. The van der Waals surface area contributed by atoms with E-state index in [0.717, 1.165) is 15.7 Å². The zero-order valence-corrected chi connectivity index (χ0v) is 14.8. The number of alkyl halides is 3. The molecule has 1 aliphatic heterocycles. The number of nitrogens with one attached hydrogen (secondary N) is 2. The van der Waals surface area contributed by atoms with Crippen LogP contribution in [0.2, 0.25) is 0 Å². The summed E-state index contributed by atoms with van der Waals surface area (Å²) >= 11 is 0. The summed E-state index contributed by atoms with van der Waals surface area (Å²) in [6.45, 7) is 0.190. The smallest absolute Gasteiger partial charge is 0.374 e. The molecule has 0 spiro atoms. The first-order chi connectivity index (χ1) is 12.7. The fraction of sp³-hybridized carbons (Fsp3) is 0.444. The van der Waals surface area contributed by atoms with Crippen LogP contribution >= 0.6 is 0 Å². The molecule has 146 valence electrons. The molecule has 0 saturated carbocycles. The van der Waals surface area contributed by atoms with Crippen LogP contribution < -0.4 is 10.6 Å². The Hall–Kier alpha value is -2.39. The van der Waals surface area contributed by atoms with Crippen LogP contribution in [0.25, 0.3) is 0 Å². The SMILES string of the molecule is Cn1ccnc1C(O)(CCNC(=O)C1Cc2ccccc2CN1)C(F)(F)F. The molecule has 2 aromatic rings. The predicted molar refractivity (Wildman–Crippen MR) is 91.6 cm³/mol. The summed E-state index contributed by atoms with van der Waals surface area (Å²) in [5, 5.41) is 15.8. The van der Waals surface area contributed by atoms with Crippen molar-refractivity contribution in [3.05, 3.63) is 53.6 Å². The van der Waals surface area contributed by atoms with Crippen molar-refractivity contribution in [2.45, 2.75) is 37.2 Å². The molecule has 0 radical (unpaired) electrons. The highest BCUT2D eigenvalue weighted by Gasteiger charge is 2.57. The summed E-state index contributed by atoms with van der Waals surface area (Å²) in [7, 11) is 1.38. The number of halogens is 3. The quantitative estimate of drug-likeness (QED) is 0.730. The standard InChI is InChI=1S/C18H21F3N4O2/c1-25-9-8-23-16(25)17(27,18(19,20)21)6-7-22-15(26)14-10-12-4-2-3-5-13(12)11-24-14/h2-5,8-9,14,24,27H,6-7,10-11H2,1H3,(H,22,26). The van der Waals surface area contributed by atoms with E-state index in [1.54, 1.807) is 0 Å². The molecule has 2 heterocycles. The lowest BCUT2D eigenvalue weighted by Gasteiger charge is -2.30. The van der Waals surface area contributed by atoms with Crippen LogP contribution in [0.4, 0.5) is 13.2 Å². The average Bonchev–Trinajstić information content (AvgIpc) is 3.06. The van der Waals surface area contributed by atoms with E-state index in [4.69, 9.17) is 0 Å². The Balaban J connectivity index is 1.63. The number of fused-ring (bicyclic) bond motifs is 1. The molecular formula is C18H21F3N4O2. The Kier molecular flexibility index (Phi) is 5.25. The Bertz CT molecular complexity index is 821. The lowest BCUT2D eigenvalue weighted by molar-refractivity contribution is -0.272. The van der Waals surface area contributed by atoms with E-state index in [0.29, 0.717) is 13.0 Å². The molecule has 1 aromatic heterocycles. The van der Waals surface area contributed by atoms with Crippen LogP contribution in [0.3, 0.4) is 0 Å². The number of imidazole rings is 1. The monoisotopic (exact) mass is 382 g/mol. The number of benzene rings is 1. The summed E-state index contributed by atoms with van der Waals surface area (Å²) in [5.41, 5.74) is -0.996. The number of aliphatic hydroxyl groups is 1. The predicted octanol–water partition coefficient (Wildman–Crippen LogP) is 1.39. The summed E-state index contributed by atoms with van der Waals surface area (Å²) in [6.07, 6.45) is -2.66. The van der Waals surface area contributed by atoms with Gasteiger partial charge in [0.1, 0.15) is 5.82 Å². The van der Waals surface area contributed by atoms with Crippen LogP contribution in [-0.2, 0) is 30.4 Å². The number of aryl methyl sites for hydroxylation is 1.